The average Bonchev–Trinajstić information content (AvgIpc) is 2.76. The molecule has 5 atom stereocenters. The molecule has 2 aliphatic rings. The van der Waals surface area contributed by atoms with Crippen LogP contribution in [-0.4, -0.2) is 45.7 Å². The summed E-state index contributed by atoms with van der Waals surface area (Å²) in [5.74, 6) is -0.500. The number of nitrogens with one attached hydrogen (secondary N) is 1. The molecule has 0 spiro atoms. The molecule has 4 rings (SSSR count). The van der Waals surface area contributed by atoms with Crippen LogP contribution < -0.4 is 5.32 Å². The lowest BCUT2D eigenvalue weighted by Gasteiger charge is -2.40. The van der Waals surface area contributed by atoms with E-state index in [1.807, 2.05) is 19.1 Å². The number of carbonyl (C=O) groups excluding carboxylic acids is 1. The Kier molecular flexibility index (Phi) is 5.99. The number of phenols is 2. The fourth-order valence-electron chi connectivity index (χ4n) is 5.22. The van der Waals surface area contributed by atoms with Crippen molar-refractivity contribution in [3.8, 4) is 11.5 Å². The lowest BCUT2D eigenvalue weighted by atomic mass is 9.70. The van der Waals surface area contributed by atoms with Crippen LogP contribution in [0.25, 0.3) is 6.08 Å². The maximum Gasteiger partial charge on any atom is 0.257 e. The number of fused-ring (bicyclic) bond motifs is 1. The number of carbonyl (C=O) groups is 1. The quantitative estimate of drug-likeness (QED) is 0.483. The molecule has 0 aromatic heterocycles. The average molecular weight is 454 g/mol. The monoisotopic (exact) mass is 453 g/mol. The summed E-state index contributed by atoms with van der Waals surface area (Å²) < 4.78 is 5.37. The lowest BCUT2D eigenvalue weighted by molar-refractivity contribution is -0.142. The van der Waals surface area contributed by atoms with Crippen molar-refractivity contribution in [1.82, 2.24) is 0 Å². The zero-order valence-corrected chi connectivity index (χ0v) is 19.1. The lowest BCUT2D eigenvalue weighted by Crippen LogP contribution is -2.52. The van der Waals surface area contributed by atoms with Crippen LogP contribution in [0.3, 0.4) is 0 Å². The number of hydrogen-bond donors (Lipinski definition) is 5. The highest BCUT2D eigenvalue weighted by atomic mass is 16.5. The third kappa shape index (κ3) is 4.01. The molecule has 2 aromatic rings. The van der Waals surface area contributed by atoms with Gasteiger partial charge in [0.15, 0.2) is 11.7 Å². The molecule has 176 valence electrons. The first-order chi connectivity index (χ1) is 15.6. The second kappa shape index (κ2) is 8.48. The highest BCUT2D eigenvalue weighted by molar-refractivity contribution is 6.00. The van der Waals surface area contributed by atoms with Gasteiger partial charge in [-0.1, -0.05) is 38.1 Å². The third-order valence-electron chi connectivity index (χ3n) is 7.13. The number of ether oxygens (including phenoxy) is 1. The van der Waals surface area contributed by atoms with E-state index < -0.39 is 17.6 Å². The molecule has 33 heavy (non-hydrogen) atoms. The molecule has 0 radical (unpaired) electrons. The number of benzene rings is 2. The van der Waals surface area contributed by atoms with Gasteiger partial charge in [-0.25, -0.2) is 0 Å². The SMILES string of the molecule is CO[C@@H]1C(=O)Nc2ccc(/C=C/[C@]3(C)CC[C@H](O)[C@@H](C)C3)c(O)c2[C@@]1(O)c1ccc(O)cc1. The van der Waals surface area contributed by atoms with Crippen LogP contribution in [0.15, 0.2) is 42.5 Å². The zero-order valence-electron chi connectivity index (χ0n) is 19.1. The molecule has 2 aromatic carbocycles. The molecule has 7 heteroatoms. The van der Waals surface area contributed by atoms with E-state index in [1.54, 1.807) is 12.1 Å². The third-order valence-corrected chi connectivity index (χ3v) is 7.13. The van der Waals surface area contributed by atoms with Crippen molar-refractivity contribution >= 4 is 17.7 Å². The van der Waals surface area contributed by atoms with Crippen LogP contribution >= 0.6 is 0 Å². The number of aliphatic hydroxyl groups excluding tert-OH is 1. The molecule has 0 saturated heterocycles. The van der Waals surface area contributed by atoms with Crippen LogP contribution in [0.1, 0.15) is 49.8 Å². The van der Waals surface area contributed by atoms with Gasteiger partial charge in [-0.2, -0.15) is 0 Å². The van der Waals surface area contributed by atoms with Gasteiger partial charge in [0.25, 0.3) is 5.91 Å². The van der Waals surface area contributed by atoms with Crippen molar-refractivity contribution in [3.63, 3.8) is 0 Å². The smallest absolute Gasteiger partial charge is 0.257 e. The number of hydrogen-bond acceptors (Lipinski definition) is 6. The van der Waals surface area contributed by atoms with Crippen molar-refractivity contribution in [1.29, 1.82) is 0 Å². The second-order valence-corrected chi connectivity index (χ2v) is 9.62. The molecule has 1 fully saturated rings. The molecule has 0 bridgehead atoms. The Morgan fingerprint density at radius 2 is 1.85 bits per heavy atom. The Hall–Kier alpha value is -2.87. The van der Waals surface area contributed by atoms with Crippen molar-refractivity contribution in [2.24, 2.45) is 11.3 Å². The Balaban J connectivity index is 1.80. The van der Waals surface area contributed by atoms with Gasteiger partial charge in [-0.05, 0) is 60.4 Å². The van der Waals surface area contributed by atoms with E-state index >= 15 is 0 Å². The van der Waals surface area contributed by atoms with Crippen LogP contribution in [0.4, 0.5) is 5.69 Å². The van der Waals surface area contributed by atoms with Crippen molar-refractivity contribution in [2.75, 3.05) is 12.4 Å². The highest BCUT2D eigenvalue weighted by Crippen LogP contribution is 2.48. The standard InChI is InChI=1S/C26H31NO6/c1-15-14-25(2,13-11-20(15)29)12-10-16-4-9-19-21(22(16)30)26(32,23(33-3)24(31)27-19)17-5-7-18(28)8-6-17/h4-10,12,15,20,23,28-30,32H,11,13-14H2,1-3H3,(H,27,31)/b12-10+/t15-,20-,23+,25+,26-/m0/s1. The van der Waals surface area contributed by atoms with E-state index in [0.29, 0.717) is 16.8 Å². The number of aromatic hydroxyl groups is 2. The van der Waals surface area contributed by atoms with E-state index in [4.69, 9.17) is 4.74 Å². The van der Waals surface area contributed by atoms with E-state index in [0.717, 1.165) is 19.3 Å². The van der Waals surface area contributed by atoms with E-state index in [9.17, 15) is 25.2 Å². The normalized spacial score (nSPS) is 31.9. The van der Waals surface area contributed by atoms with Gasteiger partial charge in [-0.3, -0.25) is 4.79 Å². The number of anilines is 1. The maximum absolute atomic E-state index is 12.7. The van der Waals surface area contributed by atoms with Gasteiger partial charge >= 0.3 is 0 Å². The van der Waals surface area contributed by atoms with Crippen LogP contribution in [0.5, 0.6) is 11.5 Å². The first-order valence-corrected chi connectivity index (χ1v) is 11.2. The van der Waals surface area contributed by atoms with E-state index in [1.165, 1.54) is 31.4 Å². The predicted octanol–water partition coefficient (Wildman–Crippen LogP) is 3.50. The summed E-state index contributed by atoms with van der Waals surface area (Å²) in [6, 6.07) is 9.17. The number of allylic oxidation sites excluding steroid dienone is 1. The summed E-state index contributed by atoms with van der Waals surface area (Å²) in [5.41, 5.74) is -0.865. The first-order valence-electron chi connectivity index (χ1n) is 11.2. The van der Waals surface area contributed by atoms with Crippen molar-refractivity contribution in [3.05, 3.63) is 59.2 Å². The maximum atomic E-state index is 12.7. The van der Waals surface area contributed by atoms with Gasteiger partial charge in [0.05, 0.1) is 17.4 Å². The summed E-state index contributed by atoms with van der Waals surface area (Å²) in [5, 5.41) is 45.6. The summed E-state index contributed by atoms with van der Waals surface area (Å²) in [6.45, 7) is 4.17. The second-order valence-electron chi connectivity index (χ2n) is 9.62. The molecular weight excluding hydrogens is 422 g/mol. The number of amides is 1. The van der Waals surface area contributed by atoms with Crippen LogP contribution in [0, 0.1) is 11.3 Å². The molecule has 1 heterocycles. The molecule has 1 saturated carbocycles. The molecule has 1 aliphatic heterocycles. The topological polar surface area (TPSA) is 119 Å². The minimum atomic E-state index is -1.97. The number of aliphatic hydroxyl groups is 2. The summed E-state index contributed by atoms with van der Waals surface area (Å²) in [4.78, 5) is 12.7. The fraction of sp³-hybridized carbons (Fsp3) is 0.423. The minimum absolute atomic E-state index is 0.0118. The zero-order chi connectivity index (χ0) is 24.0. The van der Waals surface area contributed by atoms with E-state index in [-0.39, 0.29) is 34.5 Å². The Bertz CT molecular complexity index is 1080. The Labute approximate surface area is 193 Å². The van der Waals surface area contributed by atoms with Gasteiger partial charge in [-0.15, -0.1) is 0 Å². The largest absolute Gasteiger partial charge is 0.508 e. The Morgan fingerprint density at radius 3 is 2.48 bits per heavy atom. The van der Waals surface area contributed by atoms with Gasteiger partial charge < -0.3 is 30.5 Å². The number of rotatable bonds is 4. The van der Waals surface area contributed by atoms with Crippen LogP contribution in [-0.2, 0) is 15.1 Å². The molecule has 0 unspecified atom stereocenters. The first kappa shape index (κ1) is 23.3. The van der Waals surface area contributed by atoms with Gasteiger partial charge in [0.2, 0.25) is 0 Å². The van der Waals surface area contributed by atoms with E-state index in [2.05, 4.69) is 12.2 Å². The molecule has 5 N–H and O–H groups in total. The van der Waals surface area contributed by atoms with Crippen molar-refractivity contribution in [2.45, 2.75) is 50.9 Å². The summed E-state index contributed by atoms with van der Waals surface area (Å²) in [7, 11) is 1.32. The molecule has 1 amide bonds. The summed E-state index contributed by atoms with van der Waals surface area (Å²) >= 11 is 0. The number of phenolic OH excluding ortho intramolecular Hbond substituents is 2. The highest BCUT2D eigenvalue weighted by Gasteiger charge is 2.51. The molecular formula is C26H31NO6. The fourth-order valence-corrected chi connectivity index (χ4v) is 5.22. The predicted molar refractivity (Wildman–Crippen MR) is 125 cm³/mol. The molecule has 7 nitrogen and oxygen atoms in total. The Morgan fingerprint density at radius 1 is 1.15 bits per heavy atom. The van der Waals surface area contributed by atoms with Crippen LogP contribution in [0.2, 0.25) is 0 Å². The van der Waals surface area contributed by atoms with Gasteiger partial charge in [0.1, 0.15) is 11.5 Å². The molecule has 1 aliphatic carbocycles. The summed E-state index contributed by atoms with van der Waals surface area (Å²) in [6.07, 6.45) is 4.66. The number of methoxy groups -OCH3 is 1. The van der Waals surface area contributed by atoms with Gasteiger partial charge in [0, 0.05) is 12.7 Å². The van der Waals surface area contributed by atoms with Crippen molar-refractivity contribution < 1.29 is 30.0 Å². The minimum Gasteiger partial charge on any atom is -0.508 e.